The highest BCUT2D eigenvalue weighted by molar-refractivity contribution is 5.38. The molecule has 7 heteroatoms. The van der Waals surface area contributed by atoms with Crippen LogP contribution in [0.4, 0.5) is 26.3 Å². The van der Waals surface area contributed by atoms with Gasteiger partial charge < -0.3 is 4.74 Å². The molecule has 18 heavy (non-hydrogen) atoms. The van der Waals surface area contributed by atoms with Gasteiger partial charge in [-0.1, -0.05) is 6.07 Å². The fourth-order valence-corrected chi connectivity index (χ4v) is 1.31. The van der Waals surface area contributed by atoms with Gasteiger partial charge in [0.25, 0.3) is 5.83 Å². The topological polar surface area (TPSA) is 9.23 Å². The van der Waals surface area contributed by atoms with Gasteiger partial charge in [0.2, 0.25) is 0 Å². The number of benzene rings is 1. The first-order valence-electron chi connectivity index (χ1n) is 4.70. The fourth-order valence-electron chi connectivity index (χ4n) is 1.31. The Morgan fingerprint density at radius 1 is 1.11 bits per heavy atom. The van der Waals surface area contributed by atoms with Crippen molar-refractivity contribution in [2.24, 2.45) is 0 Å². The smallest absolute Gasteiger partial charge is 0.424 e. The molecule has 0 atom stereocenters. The number of ether oxygens (including phenoxy) is 1. The zero-order valence-electron chi connectivity index (χ0n) is 9.33. The minimum atomic E-state index is -4.92. The molecule has 0 aliphatic carbocycles. The van der Waals surface area contributed by atoms with Crippen LogP contribution in [0.2, 0.25) is 0 Å². The predicted octanol–water partition coefficient (Wildman–Crippen LogP) is 4.49. The van der Waals surface area contributed by atoms with Crippen molar-refractivity contribution in [3.05, 3.63) is 41.0 Å². The summed E-state index contributed by atoms with van der Waals surface area (Å²) < 4.78 is 78.8. The lowest BCUT2D eigenvalue weighted by Crippen LogP contribution is -2.27. The molecule has 0 radical (unpaired) electrons. The molecule has 1 nitrogen and oxygen atoms in total. The van der Waals surface area contributed by atoms with Gasteiger partial charge in [-0.15, -0.1) is 0 Å². The van der Waals surface area contributed by atoms with E-state index in [1.807, 2.05) is 0 Å². The van der Waals surface area contributed by atoms with E-state index in [1.165, 1.54) is 19.9 Å². The lowest BCUT2D eigenvalue weighted by molar-refractivity contribution is -0.161. The summed E-state index contributed by atoms with van der Waals surface area (Å²) in [6, 6.07) is 2.16. The van der Waals surface area contributed by atoms with Crippen LogP contribution >= 0.6 is 0 Å². The largest absolute Gasteiger partial charge is 0.459 e. The van der Waals surface area contributed by atoms with Gasteiger partial charge in [-0.3, -0.25) is 0 Å². The lowest BCUT2D eigenvalue weighted by atomic mass is 10.1. The summed E-state index contributed by atoms with van der Waals surface area (Å²) in [4.78, 5) is 0. The molecule has 0 bridgehead atoms. The number of alkyl halides is 2. The summed E-state index contributed by atoms with van der Waals surface area (Å²) in [5.74, 6) is -5.19. The maximum absolute atomic E-state index is 13.3. The molecular formula is C11H8F6O. The molecule has 0 amide bonds. The Morgan fingerprint density at radius 3 is 2.11 bits per heavy atom. The van der Waals surface area contributed by atoms with Crippen molar-refractivity contribution in [1.82, 2.24) is 0 Å². The molecule has 0 aromatic heterocycles. The number of aryl methyl sites for hydroxylation is 2. The summed E-state index contributed by atoms with van der Waals surface area (Å²) in [6.45, 7) is 2.73. The number of hydrogen-bond acceptors (Lipinski definition) is 1. The zero-order valence-corrected chi connectivity index (χ0v) is 9.33. The van der Waals surface area contributed by atoms with Crippen LogP contribution in [0, 0.1) is 19.7 Å². The molecule has 0 fully saturated rings. The minimum absolute atomic E-state index is 0.0563. The van der Waals surface area contributed by atoms with Gasteiger partial charge in [0, 0.05) is 0 Å². The Labute approximate surface area is 98.7 Å². The molecule has 1 rings (SSSR count). The highest BCUT2D eigenvalue weighted by atomic mass is 19.3. The first-order chi connectivity index (χ1) is 8.15. The van der Waals surface area contributed by atoms with Gasteiger partial charge in [-0.05, 0) is 31.0 Å². The van der Waals surface area contributed by atoms with E-state index in [1.54, 1.807) is 0 Å². The molecule has 0 heterocycles. The highest BCUT2D eigenvalue weighted by Crippen LogP contribution is 2.35. The quantitative estimate of drug-likeness (QED) is 0.735. The van der Waals surface area contributed by atoms with E-state index in [2.05, 4.69) is 4.74 Å². The number of halogens is 6. The van der Waals surface area contributed by atoms with E-state index in [-0.39, 0.29) is 5.56 Å². The van der Waals surface area contributed by atoms with Crippen molar-refractivity contribution in [2.75, 3.05) is 0 Å². The first-order valence-corrected chi connectivity index (χ1v) is 4.70. The average molecular weight is 270 g/mol. The standard InChI is InChI=1S/C11H8F6O/c1-5-3-6(2)8(7(12)4-5)18-11(16,17)9(13)10(14)15/h3-4H,1-2H3. The van der Waals surface area contributed by atoms with Crippen molar-refractivity contribution in [3.63, 3.8) is 0 Å². The number of rotatable bonds is 3. The summed E-state index contributed by atoms with van der Waals surface area (Å²) >= 11 is 0. The minimum Gasteiger partial charge on any atom is -0.424 e. The molecule has 0 unspecified atom stereocenters. The second kappa shape index (κ2) is 4.91. The third kappa shape index (κ3) is 2.96. The third-order valence-corrected chi connectivity index (χ3v) is 2.03. The SMILES string of the molecule is Cc1cc(C)c(OC(F)(F)C(F)=C(F)F)c(F)c1. The summed E-state index contributed by atoms with van der Waals surface area (Å²) in [5.41, 5.74) is 0.368. The third-order valence-electron chi connectivity index (χ3n) is 2.03. The van der Waals surface area contributed by atoms with Crippen LogP contribution in [-0.2, 0) is 0 Å². The second-order valence-electron chi connectivity index (χ2n) is 3.59. The molecular weight excluding hydrogens is 262 g/mol. The van der Waals surface area contributed by atoms with Crippen LogP contribution in [-0.4, -0.2) is 6.11 Å². The maximum atomic E-state index is 13.3. The van der Waals surface area contributed by atoms with Crippen LogP contribution in [0.25, 0.3) is 0 Å². The van der Waals surface area contributed by atoms with Crippen LogP contribution < -0.4 is 4.74 Å². The fraction of sp³-hybridized carbons (Fsp3) is 0.273. The van der Waals surface area contributed by atoms with E-state index >= 15 is 0 Å². The van der Waals surface area contributed by atoms with E-state index in [0.29, 0.717) is 5.56 Å². The van der Waals surface area contributed by atoms with Crippen LogP contribution in [0.5, 0.6) is 5.75 Å². The van der Waals surface area contributed by atoms with Gasteiger partial charge in [0.15, 0.2) is 11.6 Å². The van der Waals surface area contributed by atoms with Gasteiger partial charge in [0.1, 0.15) is 0 Å². The lowest BCUT2D eigenvalue weighted by Gasteiger charge is -2.17. The summed E-state index contributed by atoms with van der Waals surface area (Å²) in [6.07, 6.45) is -8.13. The number of hydrogen-bond donors (Lipinski definition) is 0. The van der Waals surface area contributed by atoms with E-state index in [9.17, 15) is 26.3 Å². The molecule has 0 N–H and O–H groups in total. The van der Waals surface area contributed by atoms with E-state index < -0.39 is 29.6 Å². The molecule has 1 aromatic rings. The highest BCUT2D eigenvalue weighted by Gasteiger charge is 2.43. The first kappa shape index (κ1) is 14.4. The zero-order chi connectivity index (χ0) is 14.1. The van der Waals surface area contributed by atoms with Crippen molar-refractivity contribution in [2.45, 2.75) is 20.0 Å². The van der Waals surface area contributed by atoms with Gasteiger partial charge in [-0.2, -0.15) is 22.0 Å². The average Bonchev–Trinajstić information content (AvgIpc) is 2.22. The Hall–Kier alpha value is -1.66. The van der Waals surface area contributed by atoms with Crippen molar-refractivity contribution in [3.8, 4) is 5.75 Å². The summed E-state index contributed by atoms with van der Waals surface area (Å²) in [7, 11) is 0. The van der Waals surface area contributed by atoms with Crippen LogP contribution in [0.1, 0.15) is 11.1 Å². The predicted molar refractivity (Wildman–Crippen MR) is 51.8 cm³/mol. The Morgan fingerprint density at radius 2 is 1.67 bits per heavy atom. The maximum Gasteiger partial charge on any atom is 0.459 e. The molecule has 0 saturated heterocycles. The van der Waals surface area contributed by atoms with Crippen LogP contribution in [0.15, 0.2) is 24.0 Å². The van der Waals surface area contributed by atoms with Crippen molar-refractivity contribution >= 4 is 0 Å². The second-order valence-corrected chi connectivity index (χ2v) is 3.59. The van der Waals surface area contributed by atoms with Crippen molar-refractivity contribution < 1.29 is 31.1 Å². The Kier molecular flexibility index (Phi) is 3.93. The normalized spacial score (nSPS) is 11.3. The van der Waals surface area contributed by atoms with Gasteiger partial charge in [-0.25, -0.2) is 4.39 Å². The van der Waals surface area contributed by atoms with E-state index in [0.717, 1.165) is 6.07 Å². The van der Waals surface area contributed by atoms with Gasteiger partial charge in [0.05, 0.1) is 0 Å². The molecule has 0 spiro atoms. The Bertz CT molecular complexity index is 467. The summed E-state index contributed by atoms with van der Waals surface area (Å²) in [5, 5.41) is 0. The molecule has 0 aliphatic heterocycles. The van der Waals surface area contributed by atoms with E-state index in [4.69, 9.17) is 0 Å². The van der Waals surface area contributed by atoms with Gasteiger partial charge >= 0.3 is 12.2 Å². The molecule has 0 saturated carbocycles. The van der Waals surface area contributed by atoms with Crippen molar-refractivity contribution in [1.29, 1.82) is 0 Å². The Balaban J connectivity index is 3.17. The monoisotopic (exact) mass is 270 g/mol. The van der Waals surface area contributed by atoms with Crippen LogP contribution in [0.3, 0.4) is 0 Å². The molecule has 100 valence electrons. The molecule has 1 aromatic carbocycles. The molecule has 0 aliphatic rings.